The minimum atomic E-state index is -0.802. The lowest BCUT2D eigenvalue weighted by molar-refractivity contribution is -0.156. The SMILES string of the molecule is CN1CC2(CC2)CC(C(=O)O)C1C(=O)N1CCC(N2CCCCC2)CC1. The fourth-order valence-corrected chi connectivity index (χ4v) is 5.62. The summed E-state index contributed by atoms with van der Waals surface area (Å²) in [6, 6.07) is 0.124. The smallest absolute Gasteiger partial charge is 0.308 e. The van der Waals surface area contributed by atoms with Crippen LogP contribution in [0, 0.1) is 11.3 Å². The zero-order valence-electron chi connectivity index (χ0n) is 16.0. The third-order valence-corrected chi connectivity index (χ3v) is 7.30. The molecule has 6 heteroatoms. The lowest BCUT2D eigenvalue weighted by Crippen LogP contribution is -2.59. The third-order valence-electron chi connectivity index (χ3n) is 7.30. The molecule has 0 aromatic rings. The Morgan fingerprint density at radius 2 is 1.65 bits per heavy atom. The lowest BCUT2D eigenvalue weighted by atomic mass is 9.80. The summed E-state index contributed by atoms with van der Waals surface area (Å²) >= 11 is 0. The minimum Gasteiger partial charge on any atom is -0.481 e. The maximum absolute atomic E-state index is 13.2. The predicted octanol–water partition coefficient (Wildman–Crippen LogP) is 1.65. The van der Waals surface area contributed by atoms with Gasteiger partial charge < -0.3 is 14.9 Å². The molecule has 4 aliphatic rings. The molecule has 3 heterocycles. The first-order valence-electron chi connectivity index (χ1n) is 10.4. The Labute approximate surface area is 156 Å². The number of hydrogen-bond donors (Lipinski definition) is 1. The van der Waals surface area contributed by atoms with Gasteiger partial charge in [0.15, 0.2) is 0 Å². The van der Waals surface area contributed by atoms with Crippen molar-refractivity contribution in [2.45, 2.75) is 63.5 Å². The molecule has 1 saturated carbocycles. The van der Waals surface area contributed by atoms with Gasteiger partial charge >= 0.3 is 5.97 Å². The molecule has 6 nitrogen and oxygen atoms in total. The fraction of sp³-hybridized carbons (Fsp3) is 0.900. The standard InChI is InChI=1S/C20H33N3O3/c1-21-14-20(7-8-20)13-16(19(25)26)17(21)18(24)23-11-5-15(6-12-23)22-9-3-2-4-10-22/h15-17H,2-14H2,1H3,(H,25,26). The van der Waals surface area contributed by atoms with Crippen LogP contribution in [0.25, 0.3) is 0 Å². The first-order valence-corrected chi connectivity index (χ1v) is 10.4. The number of carboxylic acid groups (broad SMARTS) is 1. The number of carbonyl (C=O) groups is 2. The molecule has 4 rings (SSSR count). The molecule has 2 unspecified atom stereocenters. The molecule has 3 aliphatic heterocycles. The van der Waals surface area contributed by atoms with Crippen molar-refractivity contribution in [2.24, 2.45) is 11.3 Å². The number of likely N-dealkylation sites (tertiary alicyclic amines) is 3. The molecule has 3 saturated heterocycles. The van der Waals surface area contributed by atoms with E-state index in [1.807, 2.05) is 16.8 Å². The highest BCUT2D eigenvalue weighted by Crippen LogP contribution is 2.54. The maximum atomic E-state index is 13.2. The van der Waals surface area contributed by atoms with E-state index in [-0.39, 0.29) is 11.3 Å². The number of likely N-dealkylation sites (N-methyl/N-ethyl adjacent to an activating group) is 1. The second-order valence-electron chi connectivity index (χ2n) is 9.16. The van der Waals surface area contributed by atoms with E-state index in [1.54, 1.807) is 0 Å². The molecule has 1 amide bonds. The zero-order valence-corrected chi connectivity index (χ0v) is 16.0. The molecule has 1 spiro atoms. The van der Waals surface area contributed by atoms with Gasteiger partial charge in [-0.05, 0) is 70.5 Å². The summed E-state index contributed by atoms with van der Waals surface area (Å²) < 4.78 is 0. The zero-order chi connectivity index (χ0) is 18.3. The molecule has 2 atom stereocenters. The van der Waals surface area contributed by atoms with E-state index in [4.69, 9.17) is 0 Å². The maximum Gasteiger partial charge on any atom is 0.308 e. The van der Waals surface area contributed by atoms with Crippen LogP contribution in [-0.2, 0) is 9.59 Å². The van der Waals surface area contributed by atoms with Crippen LogP contribution in [0.2, 0.25) is 0 Å². The summed E-state index contributed by atoms with van der Waals surface area (Å²) in [5.74, 6) is -1.31. The van der Waals surface area contributed by atoms with Crippen LogP contribution in [0.15, 0.2) is 0 Å². The molecule has 4 fully saturated rings. The van der Waals surface area contributed by atoms with Gasteiger partial charge in [-0.25, -0.2) is 0 Å². The van der Waals surface area contributed by atoms with Crippen molar-refractivity contribution in [3.63, 3.8) is 0 Å². The molecule has 26 heavy (non-hydrogen) atoms. The van der Waals surface area contributed by atoms with E-state index in [9.17, 15) is 14.7 Å². The number of piperidine rings is 3. The van der Waals surface area contributed by atoms with Gasteiger partial charge in [-0.15, -0.1) is 0 Å². The Morgan fingerprint density at radius 3 is 2.23 bits per heavy atom. The van der Waals surface area contributed by atoms with Gasteiger partial charge in [0.2, 0.25) is 5.91 Å². The highest BCUT2D eigenvalue weighted by molar-refractivity contribution is 5.88. The number of nitrogens with zero attached hydrogens (tertiary/aromatic N) is 3. The van der Waals surface area contributed by atoms with Crippen molar-refractivity contribution in [3.8, 4) is 0 Å². The van der Waals surface area contributed by atoms with E-state index in [0.29, 0.717) is 12.5 Å². The van der Waals surface area contributed by atoms with Gasteiger partial charge in [0.05, 0.1) is 5.92 Å². The fourth-order valence-electron chi connectivity index (χ4n) is 5.62. The van der Waals surface area contributed by atoms with E-state index < -0.39 is 17.9 Å². The highest BCUT2D eigenvalue weighted by Gasteiger charge is 2.55. The van der Waals surface area contributed by atoms with Crippen LogP contribution >= 0.6 is 0 Å². The molecule has 1 N–H and O–H groups in total. The van der Waals surface area contributed by atoms with E-state index >= 15 is 0 Å². The van der Waals surface area contributed by atoms with Crippen LogP contribution in [0.1, 0.15) is 51.4 Å². The van der Waals surface area contributed by atoms with Crippen LogP contribution in [0.3, 0.4) is 0 Å². The number of aliphatic carboxylic acids is 1. The number of amides is 1. The first kappa shape index (κ1) is 18.2. The second-order valence-corrected chi connectivity index (χ2v) is 9.16. The van der Waals surface area contributed by atoms with Crippen molar-refractivity contribution < 1.29 is 14.7 Å². The second kappa shape index (κ2) is 7.12. The van der Waals surface area contributed by atoms with Crippen molar-refractivity contribution in [1.29, 1.82) is 0 Å². The van der Waals surface area contributed by atoms with Crippen molar-refractivity contribution in [1.82, 2.24) is 14.7 Å². The van der Waals surface area contributed by atoms with E-state index in [2.05, 4.69) is 4.90 Å². The summed E-state index contributed by atoms with van der Waals surface area (Å²) in [6.07, 6.45) is 8.91. The van der Waals surface area contributed by atoms with Gasteiger partial charge in [0, 0.05) is 25.7 Å². The Balaban J connectivity index is 1.38. The summed E-state index contributed by atoms with van der Waals surface area (Å²) in [7, 11) is 1.94. The molecular formula is C20H33N3O3. The topological polar surface area (TPSA) is 64.1 Å². The molecule has 0 bridgehead atoms. The summed E-state index contributed by atoms with van der Waals surface area (Å²) in [6.45, 7) is 4.83. The minimum absolute atomic E-state index is 0.0486. The van der Waals surface area contributed by atoms with E-state index in [0.717, 1.165) is 45.3 Å². The van der Waals surface area contributed by atoms with Gasteiger partial charge in [0.1, 0.15) is 6.04 Å². The Kier molecular flexibility index (Phi) is 4.99. The third kappa shape index (κ3) is 3.50. The van der Waals surface area contributed by atoms with Crippen molar-refractivity contribution in [3.05, 3.63) is 0 Å². The first-order chi connectivity index (χ1) is 12.5. The van der Waals surface area contributed by atoms with Crippen LogP contribution in [0.5, 0.6) is 0 Å². The average Bonchev–Trinajstić information content (AvgIpc) is 3.40. The summed E-state index contributed by atoms with van der Waals surface area (Å²) in [4.78, 5) is 31.7. The molecular weight excluding hydrogens is 330 g/mol. The Hall–Kier alpha value is -1.14. The number of hydrogen-bond acceptors (Lipinski definition) is 4. The predicted molar refractivity (Wildman–Crippen MR) is 98.9 cm³/mol. The monoisotopic (exact) mass is 363 g/mol. The van der Waals surface area contributed by atoms with Crippen LogP contribution in [0.4, 0.5) is 0 Å². The number of carboxylic acids is 1. The van der Waals surface area contributed by atoms with Gasteiger partial charge in [-0.3, -0.25) is 14.5 Å². The number of carbonyl (C=O) groups excluding carboxylic acids is 1. The normalized spacial score (nSPS) is 33.3. The summed E-state index contributed by atoms with van der Waals surface area (Å²) in [5.41, 5.74) is 0.176. The van der Waals surface area contributed by atoms with Crippen LogP contribution < -0.4 is 0 Å². The molecule has 1 aliphatic carbocycles. The van der Waals surface area contributed by atoms with Crippen LogP contribution in [-0.4, -0.2) is 83.5 Å². The molecule has 0 radical (unpaired) electrons. The van der Waals surface area contributed by atoms with Gasteiger partial charge in [0.25, 0.3) is 0 Å². The molecule has 0 aromatic heterocycles. The molecule has 146 valence electrons. The lowest BCUT2D eigenvalue weighted by Gasteiger charge is -2.45. The van der Waals surface area contributed by atoms with Gasteiger partial charge in [-0.1, -0.05) is 6.42 Å². The average molecular weight is 364 g/mol. The quantitative estimate of drug-likeness (QED) is 0.826. The highest BCUT2D eigenvalue weighted by atomic mass is 16.4. The van der Waals surface area contributed by atoms with E-state index in [1.165, 1.54) is 32.4 Å². The van der Waals surface area contributed by atoms with Gasteiger partial charge in [-0.2, -0.15) is 0 Å². The number of rotatable bonds is 3. The molecule has 0 aromatic carbocycles. The Bertz CT molecular complexity index is 549. The van der Waals surface area contributed by atoms with Crippen molar-refractivity contribution in [2.75, 3.05) is 39.8 Å². The Morgan fingerprint density at radius 1 is 1.00 bits per heavy atom. The largest absolute Gasteiger partial charge is 0.481 e. The summed E-state index contributed by atoms with van der Waals surface area (Å²) in [5, 5.41) is 9.74. The van der Waals surface area contributed by atoms with Crippen molar-refractivity contribution >= 4 is 11.9 Å².